The number of aryl methyl sites for hydroxylation is 1. The van der Waals surface area contributed by atoms with Crippen LogP contribution in [0.25, 0.3) is 0 Å². The zero-order chi connectivity index (χ0) is 17.1. The van der Waals surface area contributed by atoms with Gasteiger partial charge < -0.3 is 9.64 Å². The predicted octanol–water partition coefficient (Wildman–Crippen LogP) is 3.20. The molecule has 1 aromatic rings. The number of ether oxygens (including phenoxy) is 1. The highest BCUT2D eigenvalue weighted by molar-refractivity contribution is 7.17. The molecule has 0 aromatic carbocycles. The van der Waals surface area contributed by atoms with E-state index in [4.69, 9.17) is 4.74 Å². The van der Waals surface area contributed by atoms with E-state index in [1.165, 1.54) is 11.3 Å². The van der Waals surface area contributed by atoms with Gasteiger partial charge in [-0.25, -0.2) is 9.78 Å². The molecule has 1 aromatic heterocycles. The molecular weight excluding hydrogens is 324 g/mol. The average molecular weight is 342 g/mol. The van der Waals surface area contributed by atoms with E-state index in [0.29, 0.717) is 22.3 Å². The second-order valence-electron chi connectivity index (χ2n) is 5.43. The Morgan fingerprint density at radius 3 is 2.83 bits per heavy atom. The number of ketones is 1. The smallest absolute Gasteiger partial charge is 0.350 e. The molecule has 0 N–H and O–H groups in total. The van der Waals surface area contributed by atoms with Crippen molar-refractivity contribution in [2.24, 2.45) is 5.92 Å². The van der Waals surface area contributed by atoms with Gasteiger partial charge in [0.2, 0.25) is 0 Å². The number of hydrogen-bond acceptors (Lipinski definition) is 6. The van der Waals surface area contributed by atoms with Gasteiger partial charge in [-0.2, -0.15) is 0 Å². The SMILES string of the molecule is CCOC(=O)c1sc(N2C=CC=CC2C2C=CC=CC2=O)nc1C. The molecule has 5 nitrogen and oxygen atoms in total. The first-order valence-electron chi connectivity index (χ1n) is 7.78. The summed E-state index contributed by atoms with van der Waals surface area (Å²) < 4.78 is 5.08. The summed E-state index contributed by atoms with van der Waals surface area (Å²) in [6.45, 7) is 3.89. The molecule has 0 radical (unpaired) electrons. The first-order chi connectivity index (χ1) is 11.6. The maximum Gasteiger partial charge on any atom is 0.350 e. The molecule has 2 atom stereocenters. The van der Waals surface area contributed by atoms with Gasteiger partial charge in [0, 0.05) is 6.20 Å². The van der Waals surface area contributed by atoms with Crippen LogP contribution in [-0.2, 0) is 9.53 Å². The van der Waals surface area contributed by atoms with Crippen LogP contribution in [0.4, 0.5) is 5.13 Å². The van der Waals surface area contributed by atoms with E-state index in [0.717, 1.165) is 0 Å². The fraction of sp³-hybridized carbons (Fsp3) is 0.278. The number of anilines is 1. The number of nitrogens with zero attached hydrogens (tertiary/aromatic N) is 2. The molecule has 2 unspecified atom stereocenters. The zero-order valence-corrected chi connectivity index (χ0v) is 14.3. The third-order valence-corrected chi connectivity index (χ3v) is 4.99. The van der Waals surface area contributed by atoms with Crippen LogP contribution in [-0.4, -0.2) is 29.4 Å². The highest BCUT2D eigenvalue weighted by Gasteiger charge is 2.31. The largest absolute Gasteiger partial charge is 0.462 e. The fourth-order valence-electron chi connectivity index (χ4n) is 2.70. The minimum atomic E-state index is -0.358. The maximum atomic E-state index is 12.2. The van der Waals surface area contributed by atoms with Crippen LogP contribution in [0.1, 0.15) is 22.3 Å². The summed E-state index contributed by atoms with van der Waals surface area (Å²) in [5, 5.41) is 0.678. The summed E-state index contributed by atoms with van der Waals surface area (Å²) in [7, 11) is 0. The van der Waals surface area contributed by atoms with Gasteiger partial charge in [0.15, 0.2) is 10.9 Å². The summed E-state index contributed by atoms with van der Waals surface area (Å²) in [5.41, 5.74) is 0.639. The zero-order valence-electron chi connectivity index (χ0n) is 13.5. The predicted molar refractivity (Wildman–Crippen MR) is 94.1 cm³/mol. The molecular formula is C18H18N2O3S. The molecule has 1 aliphatic heterocycles. The van der Waals surface area contributed by atoms with Gasteiger partial charge in [-0.05, 0) is 26.0 Å². The molecule has 0 bridgehead atoms. The molecule has 6 heteroatoms. The fourth-order valence-corrected chi connectivity index (χ4v) is 3.69. The Morgan fingerprint density at radius 2 is 2.08 bits per heavy atom. The Balaban J connectivity index is 1.91. The first kappa shape index (κ1) is 16.4. The molecule has 24 heavy (non-hydrogen) atoms. The number of carbonyl (C=O) groups excluding carboxylic acids is 2. The molecule has 124 valence electrons. The van der Waals surface area contributed by atoms with Gasteiger partial charge in [-0.3, -0.25) is 4.79 Å². The van der Waals surface area contributed by atoms with E-state index in [1.807, 2.05) is 41.5 Å². The summed E-state index contributed by atoms with van der Waals surface area (Å²) in [5.74, 6) is -0.568. The Morgan fingerprint density at radius 1 is 1.29 bits per heavy atom. The minimum absolute atomic E-state index is 0.0614. The van der Waals surface area contributed by atoms with Crippen molar-refractivity contribution in [2.75, 3.05) is 11.5 Å². The van der Waals surface area contributed by atoms with E-state index < -0.39 is 0 Å². The summed E-state index contributed by atoms with van der Waals surface area (Å²) in [6.07, 6.45) is 14.8. The number of hydrogen-bond donors (Lipinski definition) is 0. The molecule has 0 saturated carbocycles. The number of rotatable bonds is 4. The number of aromatic nitrogens is 1. The highest BCUT2D eigenvalue weighted by atomic mass is 32.1. The van der Waals surface area contributed by atoms with E-state index >= 15 is 0 Å². The van der Waals surface area contributed by atoms with Crippen LogP contribution in [0, 0.1) is 12.8 Å². The summed E-state index contributed by atoms with van der Waals surface area (Å²) in [4.78, 5) is 31.2. The van der Waals surface area contributed by atoms with Crippen LogP contribution in [0.2, 0.25) is 0 Å². The van der Waals surface area contributed by atoms with Crippen molar-refractivity contribution in [3.05, 3.63) is 59.3 Å². The quantitative estimate of drug-likeness (QED) is 0.787. The van der Waals surface area contributed by atoms with E-state index in [-0.39, 0.29) is 23.7 Å². The standard InChI is InChI=1S/C18H18N2O3S/c1-3-23-17(22)16-12(2)19-18(24-16)20-11-7-6-9-14(20)13-8-4-5-10-15(13)21/h4-11,13-14H,3H2,1-2H3. The first-order valence-corrected chi connectivity index (χ1v) is 8.60. The molecule has 3 rings (SSSR count). The molecule has 2 heterocycles. The lowest BCUT2D eigenvalue weighted by atomic mass is 9.89. The van der Waals surface area contributed by atoms with E-state index in [9.17, 15) is 9.59 Å². The van der Waals surface area contributed by atoms with Crippen LogP contribution in [0.5, 0.6) is 0 Å². The van der Waals surface area contributed by atoms with E-state index in [2.05, 4.69) is 4.98 Å². The Bertz CT molecular complexity index is 773. The Kier molecular flexibility index (Phi) is 4.76. The van der Waals surface area contributed by atoms with Crippen molar-refractivity contribution in [1.82, 2.24) is 4.98 Å². The van der Waals surface area contributed by atoms with Crippen molar-refractivity contribution in [3.63, 3.8) is 0 Å². The van der Waals surface area contributed by atoms with E-state index in [1.54, 1.807) is 26.0 Å². The van der Waals surface area contributed by atoms with Gasteiger partial charge in [-0.15, -0.1) is 0 Å². The summed E-state index contributed by atoms with van der Waals surface area (Å²) in [6, 6.07) is -0.163. The molecule has 0 spiro atoms. The number of esters is 1. The van der Waals surface area contributed by atoms with Gasteiger partial charge >= 0.3 is 5.97 Å². The van der Waals surface area contributed by atoms with Gasteiger partial charge in [0.05, 0.1) is 24.3 Å². The number of carbonyl (C=O) groups is 2. The molecule has 0 amide bonds. The van der Waals surface area contributed by atoms with Crippen molar-refractivity contribution in [2.45, 2.75) is 19.9 Å². The minimum Gasteiger partial charge on any atom is -0.462 e. The van der Waals surface area contributed by atoms with Gasteiger partial charge in [-0.1, -0.05) is 41.7 Å². The highest BCUT2D eigenvalue weighted by Crippen LogP contribution is 2.33. The lowest BCUT2D eigenvalue weighted by Gasteiger charge is -2.32. The third kappa shape index (κ3) is 3.10. The van der Waals surface area contributed by atoms with Crippen LogP contribution in [0.15, 0.2) is 48.7 Å². The van der Waals surface area contributed by atoms with Crippen LogP contribution < -0.4 is 4.90 Å². The topological polar surface area (TPSA) is 59.5 Å². The monoisotopic (exact) mass is 342 g/mol. The van der Waals surface area contributed by atoms with Crippen LogP contribution >= 0.6 is 11.3 Å². The van der Waals surface area contributed by atoms with Crippen molar-refractivity contribution >= 4 is 28.2 Å². The molecule has 2 aliphatic rings. The van der Waals surface area contributed by atoms with Gasteiger partial charge in [0.1, 0.15) is 4.88 Å². The van der Waals surface area contributed by atoms with Crippen molar-refractivity contribution in [1.29, 1.82) is 0 Å². The Hall–Kier alpha value is -2.47. The normalized spacial score (nSPS) is 22.2. The molecule has 1 aliphatic carbocycles. The maximum absolute atomic E-state index is 12.2. The second-order valence-corrected chi connectivity index (χ2v) is 6.41. The second kappa shape index (κ2) is 6.97. The molecule has 0 fully saturated rings. The number of allylic oxidation sites excluding steroid dienone is 5. The van der Waals surface area contributed by atoms with Crippen LogP contribution in [0.3, 0.4) is 0 Å². The van der Waals surface area contributed by atoms with Gasteiger partial charge in [0.25, 0.3) is 0 Å². The van der Waals surface area contributed by atoms with Crippen molar-refractivity contribution in [3.8, 4) is 0 Å². The average Bonchev–Trinajstić information content (AvgIpc) is 2.97. The summed E-state index contributed by atoms with van der Waals surface area (Å²) >= 11 is 1.28. The molecule has 0 saturated heterocycles. The third-order valence-electron chi connectivity index (χ3n) is 3.84. The van der Waals surface area contributed by atoms with Crippen molar-refractivity contribution < 1.29 is 14.3 Å². The lowest BCUT2D eigenvalue weighted by molar-refractivity contribution is -0.117. The Labute approximate surface area is 144 Å². The lowest BCUT2D eigenvalue weighted by Crippen LogP contribution is -2.39. The number of thiazole rings is 1.